The molecule has 2 nitrogen and oxygen atoms in total. The number of nitroso groups, excluding NO2 is 1. The van der Waals surface area contributed by atoms with Crippen molar-refractivity contribution in [3.05, 3.63) is 4.91 Å². The Bertz CT molecular complexity index is 76.8. The van der Waals surface area contributed by atoms with Crippen LogP contribution in [0.4, 0.5) is 0 Å². The van der Waals surface area contributed by atoms with Gasteiger partial charge in [-0.3, -0.25) is 0 Å². The maximum atomic E-state index is 9.77. The molecule has 0 aliphatic carbocycles. The van der Waals surface area contributed by atoms with E-state index in [1.54, 1.807) is 6.92 Å². The van der Waals surface area contributed by atoms with Gasteiger partial charge in [-0.05, 0) is 13.3 Å². The largest absolute Gasteiger partial charge is 0.150 e. The average Bonchev–Trinajstić information content (AvgIpc) is 1.84. The molecule has 0 heterocycles. The summed E-state index contributed by atoms with van der Waals surface area (Å²) in [5.74, 6) is 0. The van der Waals surface area contributed by atoms with Crippen molar-refractivity contribution >= 4 is 11.6 Å². The van der Waals surface area contributed by atoms with E-state index < -0.39 is 0 Å². The second kappa shape index (κ2) is 3.84. The monoisotopic (exact) mass is 135 g/mol. The van der Waals surface area contributed by atoms with E-state index >= 15 is 0 Å². The van der Waals surface area contributed by atoms with Gasteiger partial charge in [0.15, 0.2) is 0 Å². The summed E-state index contributed by atoms with van der Waals surface area (Å²) in [5, 5.41) is 2.69. The molecule has 0 amide bonds. The maximum absolute atomic E-state index is 9.77. The molecule has 0 aromatic heterocycles. The van der Waals surface area contributed by atoms with E-state index in [2.05, 4.69) is 5.18 Å². The normalized spacial score (nSPS) is 17.4. The minimum atomic E-state index is -0.248. The lowest BCUT2D eigenvalue weighted by Crippen LogP contribution is -2.12. The lowest BCUT2D eigenvalue weighted by Gasteiger charge is -2.05. The lowest BCUT2D eigenvalue weighted by molar-refractivity contribution is 0.660. The van der Waals surface area contributed by atoms with Crippen molar-refractivity contribution in [1.82, 2.24) is 0 Å². The van der Waals surface area contributed by atoms with Crippen molar-refractivity contribution in [3.8, 4) is 0 Å². The highest BCUT2D eigenvalue weighted by Gasteiger charge is 2.10. The molecule has 2 unspecified atom stereocenters. The quantitative estimate of drug-likeness (QED) is 0.431. The Labute approximate surface area is 54.2 Å². The summed E-state index contributed by atoms with van der Waals surface area (Å²) in [5.41, 5.74) is 0. The Morgan fingerprint density at radius 3 is 2.38 bits per heavy atom. The third-order valence-corrected chi connectivity index (χ3v) is 1.75. The third-order valence-electron chi connectivity index (χ3n) is 1.08. The molecule has 0 spiro atoms. The molecule has 0 N–H and O–H groups in total. The van der Waals surface area contributed by atoms with E-state index in [0.29, 0.717) is 0 Å². The molecule has 3 heteroatoms. The van der Waals surface area contributed by atoms with Crippen LogP contribution in [0, 0.1) is 4.91 Å². The fourth-order valence-corrected chi connectivity index (χ4v) is 0.453. The van der Waals surface area contributed by atoms with Crippen LogP contribution in [0.1, 0.15) is 20.3 Å². The summed E-state index contributed by atoms with van der Waals surface area (Å²) in [4.78, 5) is 9.77. The predicted molar refractivity (Wildman–Crippen MR) is 35.2 cm³/mol. The smallest absolute Gasteiger partial charge is 0.105 e. The molecule has 0 rings (SSSR count). The van der Waals surface area contributed by atoms with Crippen molar-refractivity contribution in [2.75, 3.05) is 0 Å². The lowest BCUT2D eigenvalue weighted by atomic mass is 10.2. The molecule has 0 aliphatic heterocycles. The highest BCUT2D eigenvalue weighted by molar-refractivity contribution is 6.21. The first-order valence-corrected chi connectivity index (χ1v) is 3.12. The highest BCUT2D eigenvalue weighted by atomic mass is 35.5. The first kappa shape index (κ1) is 7.89. The summed E-state index contributed by atoms with van der Waals surface area (Å²) >= 11 is 5.62. The minimum absolute atomic E-state index is 0.0903. The zero-order chi connectivity index (χ0) is 6.57. The molecule has 0 aromatic carbocycles. The fraction of sp³-hybridized carbons (Fsp3) is 1.00. The van der Waals surface area contributed by atoms with Gasteiger partial charge < -0.3 is 0 Å². The maximum Gasteiger partial charge on any atom is 0.105 e. The molecular weight excluding hydrogens is 126 g/mol. The number of hydrogen-bond acceptors (Lipinski definition) is 2. The van der Waals surface area contributed by atoms with E-state index in [-0.39, 0.29) is 11.4 Å². The Hall–Kier alpha value is -0.110. The number of halogens is 1. The van der Waals surface area contributed by atoms with Gasteiger partial charge >= 0.3 is 0 Å². The first-order chi connectivity index (χ1) is 3.72. The van der Waals surface area contributed by atoms with Gasteiger partial charge in [-0.2, -0.15) is 4.91 Å². The molecular formula is C5H10ClNO. The number of nitrogens with zero attached hydrogens (tertiary/aromatic N) is 1. The molecule has 2 atom stereocenters. The standard InChI is InChI=1S/C5H10ClNO/c1-3-5(6)4(2)7-8/h4-5H,3H2,1-2H3. The van der Waals surface area contributed by atoms with Crippen LogP contribution in [0.2, 0.25) is 0 Å². The molecule has 0 saturated heterocycles. The summed E-state index contributed by atoms with van der Waals surface area (Å²) in [6.07, 6.45) is 0.800. The van der Waals surface area contributed by atoms with E-state index in [9.17, 15) is 4.91 Å². The topological polar surface area (TPSA) is 29.4 Å². The number of hydrogen-bond donors (Lipinski definition) is 0. The second-order valence-electron chi connectivity index (χ2n) is 1.77. The van der Waals surface area contributed by atoms with Crippen LogP contribution in [0.25, 0.3) is 0 Å². The Morgan fingerprint density at radius 1 is 1.75 bits per heavy atom. The summed E-state index contributed by atoms with van der Waals surface area (Å²) < 4.78 is 0. The number of rotatable bonds is 3. The van der Waals surface area contributed by atoms with E-state index in [1.165, 1.54) is 0 Å². The van der Waals surface area contributed by atoms with Gasteiger partial charge in [0.1, 0.15) is 6.04 Å². The molecule has 0 bridgehead atoms. The van der Waals surface area contributed by atoms with E-state index in [4.69, 9.17) is 11.6 Å². The zero-order valence-corrected chi connectivity index (χ0v) is 5.85. The minimum Gasteiger partial charge on any atom is -0.150 e. The van der Waals surface area contributed by atoms with Crippen LogP contribution >= 0.6 is 11.6 Å². The van der Waals surface area contributed by atoms with Crippen molar-refractivity contribution in [3.63, 3.8) is 0 Å². The van der Waals surface area contributed by atoms with Gasteiger partial charge in [0.05, 0.1) is 5.38 Å². The van der Waals surface area contributed by atoms with Crippen LogP contribution in [-0.4, -0.2) is 11.4 Å². The van der Waals surface area contributed by atoms with Gasteiger partial charge in [-0.1, -0.05) is 12.1 Å². The average molecular weight is 136 g/mol. The van der Waals surface area contributed by atoms with Gasteiger partial charge in [0.2, 0.25) is 0 Å². The van der Waals surface area contributed by atoms with Crippen LogP contribution in [0.5, 0.6) is 0 Å². The van der Waals surface area contributed by atoms with Crippen molar-refractivity contribution in [1.29, 1.82) is 0 Å². The molecule has 0 radical (unpaired) electrons. The van der Waals surface area contributed by atoms with Crippen molar-refractivity contribution in [2.45, 2.75) is 31.7 Å². The van der Waals surface area contributed by atoms with Crippen molar-refractivity contribution < 1.29 is 0 Å². The van der Waals surface area contributed by atoms with Gasteiger partial charge in [0.25, 0.3) is 0 Å². The van der Waals surface area contributed by atoms with Crippen LogP contribution in [0.3, 0.4) is 0 Å². The Kier molecular flexibility index (Phi) is 3.79. The van der Waals surface area contributed by atoms with Gasteiger partial charge in [0, 0.05) is 0 Å². The summed E-state index contributed by atoms with van der Waals surface area (Å²) in [6.45, 7) is 3.65. The van der Waals surface area contributed by atoms with E-state index in [0.717, 1.165) is 6.42 Å². The second-order valence-corrected chi connectivity index (χ2v) is 2.33. The first-order valence-electron chi connectivity index (χ1n) is 2.69. The Morgan fingerprint density at radius 2 is 2.25 bits per heavy atom. The fourth-order valence-electron chi connectivity index (χ4n) is 0.407. The molecule has 0 aliphatic rings. The van der Waals surface area contributed by atoms with Crippen molar-refractivity contribution in [2.24, 2.45) is 5.18 Å². The third kappa shape index (κ3) is 2.26. The molecule has 8 heavy (non-hydrogen) atoms. The van der Waals surface area contributed by atoms with Crippen LogP contribution < -0.4 is 0 Å². The van der Waals surface area contributed by atoms with Crippen LogP contribution in [0.15, 0.2) is 5.18 Å². The van der Waals surface area contributed by atoms with E-state index in [1.807, 2.05) is 6.92 Å². The summed E-state index contributed by atoms with van der Waals surface area (Å²) in [6, 6.07) is -0.248. The van der Waals surface area contributed by atoms with Crippen LogP contribution in [-0.2, 0) is 0 Å². The number of alkyl halides is 1. The summed E-state index contributed by atoms with van der Waals surface area (Å²) in [7, 11) is 0. The van der Waals surface area contributed by atoms with Gasteiger partial charge in [-0.15, -0.1) is 11.6 Å². The molecule has 0 fully saturated rings. The molecule has 0 aromatic rings. The zero-order valence-electron chi connectivity index (χ0n) is 5.10. The van der Waals surface area contributed by atoms with Gasteiger partial charge in [-0.25, -0.2) is 0 Å². The SMILES string of the molecule is CCC(Cl)C(C)N=O. The highest BCUT2D eigenvalue weighted by Crippen LogP contribution is 2.08. The molecule has 0 saturated carbocycles. The predicted octanol–water partition coefficient (Wildman–Crippen LogP) is 2.16. The Balaban J connectivity index is 3.44. The molecule has 48 valence electrons.